The maximum atomic E-state index is 13.0. The topological polar surface area (TPSA) is 160 Å². The number of ether oxygens (including phenoxy) is 1. The molecule has 10 nitrogen and oxygen atoms in total. The molecule has 0 aliphatic rings. The summed E-state index contributed by atoms with van der Waals surface area (Å²) in [6.07, 6.45) is -0.427. The molecule has 0 amide bonds. The van der Waals surface area contributed by atoms with Gasteiger partial charge in [0.2, 0.25) is 5.75 Å². The zero-order valence-corrected chi connectivity index (χ0v) is 18.3. The maximum absolute atomic E-state index is 13.0. The lowest BCUT2D eigenvalue weighted by molar-refractivity contribution is -0.384. The predicted octanol–water partition coefficient (Wildman–Crippen LogP) is 4.18. The Kier molecular flexibility index (Phi) is 6.11. The average Bonchev–Trinajstić information content (AvgIpc) is 2.86. The highest BCUT2D eigenvalue weighted by Crippen LogP contribution is 2.49. The average molecular weight is 477 g/mol. The number of nitro benzene ring substituents is 1. The van der Waals surface area contributed by atoms with E-state index in [1.807, 2.05) is 0 Å². The first-order chi connectivity index (χ1) is 16.7. The molecule has 0 spiro atoms. The number of non-ortho nitro benzene ring substituents is 1. The Labute approximate surface area is 197 Å². The molecule has 35 heavy (non-hydrogen) atoms. The second-order valence-corrected chi connectivity index (χ2v) is 7.69. The third-order valence-corrected chi connectivity index (χ3v) is 5.62. The van der Waals surface area contributed by atoms with Gasteiger partial charge < -0.3 is 24.5 Å². The van der Waals surface area contributed by atoms with E-state index in [2.05, 4.69) is 0 Å². The lowest BCUT2D eigenvalue weighted by Crippen LogP contribution is -2.12. The molecule has 0 aliphatic carbocycles. The van der Waals surface area contributed by atoms with Crippen molar-refractivity contribution in [3.05, 3.63) is 92.1 Å². The summed E-state index contributed by atoms with van der Waals surface area (Å²) in [5.74, 6) is -4.51. The van der Waals surface area contributed by atoms with Crippen molar-refractivity contribution in [2.45, 2.75) is 12.3 Å². The van der Waals surface area contributed by atoms with E-state index in [4.69, 9.17) is 9.15 Å². The lowest BCUT2D eigenvalue weighted by Gasteiger charge is -2.21. The molecule has 1 aromatic heterocycles. The number of aromatic hydroxyl groups is 3. The highest BCUT2D eigenvalue weighted by Gasteiger charge is 2.31. The number of benzene rings is 3. The van der Waals surface area contributed by atoms with Crippen molar-refractivity contribution in [2.75, 3.05) is 7.11 Å². The van der Waals surface area contributed by atoms with Gasteiger partial charge in [-0.1, -0.05) is 42.5 Å². The number of phenolic OH excluding ortho intramolecular Hbond substituents is 3. The van der Waals surface area contributed by atoms with Crippen molar-refractivity contribution >= 4 is 22.6 Å². The van der Waals surface area contributed by atoms with Crippen LogP contribution in [0.25, 0.3) is 22.3 Å². The van der Waals surface area contributed by atoms with E-state index < -0.39 is 51.3 Å². The molecule has 10 heteroatoms. The van der Waals surface area contributed by atoms with E-state index in [9.17, 15) is 35.0 Å². The number of carbonyl (C=O) groups excluding carboxylic acids is 1. The number of carbonyl (C=O) groups is 1. The van der Waals surface area contributed by atoms with Crippen LogP contribution in [0.5, 0.6) is 17.2 Å². The van der Waals surface area contributed by atoms with Gasteiger partial charge in [0.15, 0.2) is 16.9 Å². The first-order valence-electron chi connectivity index (χ1n) is 10.3. The van der Waals surface area contributed by atoms with Crippen LogP contribution in [-0.2, 0) is 9.53 Å². The minimum Gasteiger partial charge on any atom is -0.504 e. The van der Waals surface area contributed by atoms with Gasteiger partial charge in [0, 0.05) is 35.2 Å². The highest BCUT2D eigenvalue weighted by molar-refractivity contribution is 5.93. The summed E-state index contributed by atoms with van der Waals surface area (Å²) >= 11 is 0. The number of nitrogens with zero attached hydrogens (tertiary/aromatic N) is 1. The third-order valence-electron chi connectivity index (χ3n) is 5.62. The van der Waals surface area contributed by atoms with E-state index in [0.29, 0.717) is 5.56 Å². The lowest BCUT2D eigenvalue weighted by atomic mass is 9.86. The molecule has 0 saturated carbocycles. The van der Waals surface area contributed by atoms with Crippen LogP contribution >= 0.6 is 0 Å². The minimum atomic E-state index is -1.15. The second-order valence-electron chi connectivity index (χ2n) is 7.69. The van der Waals surface area contributed by atoms with E-state index >= 15 is 0 Å². The molecule has 178 valence electrons. The van der Waals surface area contributed by atoms with E-state index in [1.165, 1.54) is 24.3 Å². The fourth-order valence-electron chi connectivity index (χ4n) is 3.93. The monoisotopic (exact) mass is 477 g/mol. The molecule has 0 unspecified atom stereocenters. The Morgan fingerprint density at radius 2 is 1.74 bits per heavy atom. The maximum Gasteiger partial charge on any atom is 0.306 e. The SMILES string of the molecule is COC(=O)C[C@H](c1cccc([N+](=O)[O-])c1)c1c(O)c(O)c(O)c2c(=O)cc(-c3ccccc3)oc12. The highest BCUT2D eigenvalue weighted by atomic mass is 16.6. The summed E-state index contributed by atoms with van der Waals surface area (Å²) in [4.78, 5) is 36.0. The van der Waals surface area contributed by atoms with E-state index in [-0.39, 0.29) is 28.2 Å². The summed E-state index contributed by atoms with van der Waals surface area (Å²) in [5.41, 5.74) is -0.769. The summed E-state index contributed by atoms with van der Waals surface area (Å²) in [6, 6.07) is 15.0. The standard InChI is InChI=1S/C25H19NO9/c1-34-19(28)11-16(14-8-5-9-15(10-14)26(32)33)20-22(29)24(31)23(30)21-17(27)12-18(35-25(20)21)13-6-3-2-4-7-13/h2-10,12,16,29-31H,11H2,1H3/t16-/m1/s1. The van der Waals surface area contributed by atoms with Crippen molar-refractivity contribution in [3.63, 3.8) is 0 Å². The number of rotatable bonds is 6. The molecule has 3 aromatic carbocycles. The number of hydrogen-bond donors (Lipinski definition) is 3. The molecule has 0 saturated heterocycles. The molecule has 0 fully saturated rings. The van der Waals surface area contributed by atoms with Crippen LogP contribution in [0.1, 0.15) is 23.5 Å². The summed E-state index contributed by atoms with van der Waals surface area (Å²) in [6.45, 7) is 0. The van der Waals surface area contributed by atoms with E-state index in [0.717, 1.165) is 13.2 Å². The number of hydrogen-bond acceptors (Lipinski definition) is 9. The first kappa shape index (κ1) is 23.3. The zero-order chi connectivity index (χ0) is 25.3. The first-order valence-corrected chi connectivity index (χ1v) is 10.3. The van der Waals surface area contributed by atoms with Crippen molar-refractivity contribution in [1.29, 1.82) is 0 Å². The van der Waals surface area contributed by atoms with Crippen LogP contribution < -0.4 is 5.43 Å². The number of fused-ring (bicyclic) bond motifs is 1. The van der Waals surface area contributed by atoms with Crippen LogP contribution in [0.3, 0.4) is 0 Å². The molecule has 3 N–H and O–H groups in total. The van der Waals surface area contributed by atoms with Crippen LogP contribution in [-0.4, -0.2) is 33.3 Å². The molecule has 0 radical (unpaired) electrons. The van der Waals surface area contributed by atoms with Gasteiger partial charge >= 0.3 is 5.97 Å². The number of esters is 1. The van der Waals surface area contributed by atoms with Gasteiger partial charge in [0.05, 0.1) is 18.5 Å². The molecule has 1 heterocycles. The molecule has 4 rings (SSSR count). The van der Waals surface area contributed by atoms with Gasteiger partial charge in [0.25, 0.3) is 5.69 Å². The van der Waals surface area contributed by atoms with Crippen molar-refractivity contribution in [1.82, 2.24) is 0 Å². The Balaban J connectivity index is 2.09. The van der Waals surface area contributed by atoms with Crippen LogP contribution in [0, 0.1) is 10.1 Å². The van der Waals surface area contributed by atoms with Gasteiger partial charge in [-0.15, -0.1) is 0 Å². The minimum absolute atomic E-state index is 0.102. The van der Waals surface area contributed by atoms with Gasteiger partial charge in [-0.2, -0.15) is 0 Å². The second kappa shape index (κ2) is 9.18. The Morgan fingerprint density at radius 1 is 1.03 bits per heavy atom. The molecule has 4 aromatic rings. The Bertz CT molecular complexity index is 1510. The normalized spacial score (nSPS) is 11.8. The van der Waals surface area contributed by atoms with Gasteiger partial charge in [0.1, 0.15) is 16.7 Å². The zero-order valence-electron chi connectivity index (χ0n) is 18.3. The molecular weight excluding hydrogens is 458 g/mol. The molecule has 0 bridgehead atoms. The number of methoxy groups -OCH3 is 1. The fourth-order valence-corrected chi connectivity index (χ4v) is 3.93. The fraction of sp³-hybridized carbons (Fsp3) is 0.120. The summed E-state index contributed by atoms with van der Waals surface area (Å²) in [5, 5.41) is 42.7. The van der Waals surface area contributed by atoms with Crippen molar-refractivity contribution in [2.24, 2.45) is 0 Å². The largest absolute Gasteiger partial charge is 0.504 e. The molecular formula is C25H19NO9. The summed E-state index contributed by atoms with van der Waals surface area (Å²) in [7, 11) is 1.15. The number of phenols is 3. The van der Waals surface area contributed by atoms with Crippen molar-refractivity contribution < 1.29 is 34.2 Å². The number of nitro groups is 1. The van der Waals surface area contributed by atoms with Gasteiger partial charge in [-0.05, 0) is 5.56 Å². The van der Waals surface area contributed by atoms with Crippen LogP contribution in [0.4, 0.5) is 5.69 Å². The quantitative estimate of drug-likeness (QED) is 0.160. The summed E-state index contributed by atoms with van der Waals surface area (Å²) < 4.78 is 10.7. The molecule has 1 atom stereocenters. The Morgan fingerprint density at radius 3 is 2.40 bits per heavy atom. The smallest absolute Gasteiger partial charge is 0.306 e. The van der Waals surface area contributed by atoms with Crippen LogP contribution in [0.2, 0.25) is 0 Å². The van der Waals surface area contributed by atoms with Crippen LogP contribution in [0.15, 0.2) is 69.9 Å². The molecule has 0 aliphatic heterocycles. The van der Waals surface area contributed by atoms with Gasteiger partial charge in [-0.25, -0.2) is 0 Å². The van der Waals surface area contributed by atoms with E-state index in [1.54, 1.807) is 30.3 Å². The third kappa shape index (κ3) is 4.24. The Hall–Kier alpha value is -4.86. The predicted molar refractivity (Wildman–Crippen MR) is 124 cm³/mol. The van der Waals surface area contributed by atoms with Gasteiger partial charge in [-0.3, -0.25) is 19.7 Å². The van der Waals surface area contributed by atoms with Crippen molar-refractivity contribution in [3.8, 4) is 28.6 Å².